The summed E-state index contributed by atoms with van der Waals surface area (Å²) in [6, 6.07) is 9.33. The van der Waals surface area contributed by atoms with Gasteiger partial charge in [0.1, 0.15) is 5.82 Å². The van der Waals surface area contributed by atoms with Crippen LogP contribution in [0.1, 0.15) is 31.9 Å². The quantitative estimate of drug-likeness (QED) is 0.843. The van der Waals surface area contributed by atoms with Crippen LogP contribution in [0.2, 0.25) is 5.02 Å². The molecule has 1 unspecified atom stereocenters. The Balaban J connectivity index is 2.02. The number of hydrogen-bond donors (Lipinski definition) is 1. The van der Waals surface area contributed by atoms with Crippen LogP contribution in [0.25, 0.3) is 6.08 Å². The normalized spacial score (nSPS) is 12.5. The SMILES string of the molecule is CCC(C)n1nccc1NC(=O)/C=C/c1ccc(Cl)cc1. The van der Waals surface area contributed by atoms with Crippen molar-refractivity contribution >= 4 is 29.4 Å². The van der Waals surface area contributed by atoms with E-state index in [-0.39, 0.29) is 11.9 Å². The zero-order chi connectivity index (χ0) is 15.2. The van der Waals surface area contributed by atoms with Gasteiger partial charge in [0.15, 0.2) is 0 Å². The highest BCUT2D eigenvalue weighted by Gasteiger charge is 2.09. The summed E-state index contributed by atoms with van der Waals surface area (Å²) in [7, 11) is 0. The summed E-state index contributed by atoms with van der Waals surface area (Å²) in [5.74, 6) is 0.519. The zero-order valence-corrected chi connectivity index (χ0v) is 12.8. The van der Waals surface area contributed by atoms with Gasteiger partial charge in [-0.15, -0.1) is 0 Å². The van der Waals surface area contributed by atoms with Gasteiger partial charge >= 0.3 is 0 Å². The summed E-state index contributed by atoms with van der Waals surface area (Å²) in [6.07, 6.45) is 5.88. The molecule has 1 aromatic carbocycles. The Morgan fingerprint density at radius 3 is 2.76 bits per heavy atom. The van der Waals surface area contributed by atoms with E-state index in [1.165, 1.54) is 6.08 Å². The fourth-order valence-electron chi connectivity index (χ4n) is 1.85. The third-order valence-electron chi connectivity index (χ3n) is 3.23. The van der Waals surface area contributed by atoms with Crippen molar-refractivity contribution in [2.45, 2.75) is 26.3 Å². The van der Waals surface area contributed by atoms with E-state index in [0.29, 0.717) is 10.8 Å². The third kappa shape index (κ3) is 4.20. The molecule has 21 heavy (non-hydrogen) atoms. The highest BCUT2D eigenvalue weighted by Crippen LogP contribution is 2.16. The number of carbonyl (C=O) groups is 1. The molecule has 4 nitrogen and oxygen atoms in total. The van der Waals surface area contributed by atoms with E-state index in [9.17, 15) is 4.79 Å². The summed E-state index contributed by atoms with van der Waals surface area (Å²) in [5, 5.41) is 7.74. The first-order valence-electron chi connectivity index (χ1n) is 6.88. The maximum atomic E-state index is 11.9. The molecule has 1 heterocycles. The van der Waals surface area contributed by atoms with Gasteiger partial charge in [0, 0.05) is 17.2 Å². The molecule has 0 aliphatic heterocycles. The van der Waals surface area contributed by atoms with Gasteiger partial charge in [-0.3, -0.25) is 4.79 Å². The summed E-state index contributed by atoms with van der Waals surface area (Å²) in [6.45, 7) is 4.14. The van der Waals surface area contributed by atoms with Crippen molar-refractivity contribution in [3.8, 4) is 0 Å². The monoisotopic (exact) mass is 303 g/mol. The fraction of sp³-hybridized carbons (Fsp3) is 0.250. The molecule has 0 aliphatic carbocycles. The van der Waals surface area contributed by atoms with Crippen molar-refractivity contribution in [3.05, 3.63) is 53.2 Å². The topological polar surface area (TPSA) is 46.9 Å². The molecule has 110 valence electrons. The van der Waals surface area contributed by atoms with Crippen LogP contribution in [0.3, 0.4) is 0 Å². The Kier molecular flexibility index (Phi) is 5.17. The van der Waals surface area contributed by atoms with Gasteiger partial charge in [-0.25, -0.2) is 4.68 Å². The van der Waals surface area contributed by atoms with Crippen LogP contribution in [0, 0.1) is 0 Å². The molecule has 0 fully saturated rings. The average molecular weight is 304 g/mol. The van der Waals surface area contributed by atoms with E-state index >= 15 is 0 Å². The predicted octanol–water partition coefficient (Wildman–Crippen LogP) is 4.16. The summed E-state index contributed by atoms with van der Waals surface area (Å²) >= 11 is 5.82. The second-order valence-corrected chi connectivity index (χ2v) is 5.23. The van der Waals surface area contributed by atoms with Crippen molar-refractivity contribution in [3.63, 3.8) is 0 Å². The maximum absolute atomic E-state index is 11.9. The third-order valence-corrected chi connectivity index (χ3v) is 3.48. The molecular formula is C16H18ClN3O. The van der Waals surface area contributed by atoms with E-state index in [1.54, 1.807) is 30.5 Å². The number of nitrogens with zero attached hydrogens (tertiary/aromatic N) is 2. The number of carbonyl (C=O) groups excluding carboxylic acids is 1. The predicted molar refractivity (Wildman–Crippen MR) is 86.3 cm³/mol. The Hall–Kier alpha value is -2.07. The molecule has 2 aromatic rings. The van der Waals surface area contributed by atoms with Gasteiger partial charge in [0.25, 0.3) is 0 Å². The van der Waals surface area contributed by atoms with Gasteiger partial charge < -0.3 is 5.32 Å². The van der Waals surface area contributed by atoms with Crippen molar-refractivity contribution in [1.82, 2.24) is 9.78 Å². The smallest absolute Gasteiger partial charge is 0.249 e. The molecule has 1 atom stereocenters. The molecule has 0 saturated heterocycles. The van der Waals surface area contributed by atoms with Crippen LogP contribution in [-0.2, 0) is 4.79 Å². The Bertz CT molecular complexity index is 631. The molecular weight excluding hydrogens is 286 g/mol. The number of benzene rings is 1. The molecule has 1 aromatic heterocycles. The van der Waals surface area contributed by atoms with Crippen LogP contribution in [0.4, 0.5) is 5.82 Å². The lowest BCUT2D eigenvalue weighted by atomic mass is 10.2. The van der Waals surface area contributed by atoms with Gasteiger partial charge in [-0.1, -0.05) is 30.7 Å². The molecule has 1 N–H and O–H groups in total. The van der Waals surface area contributed by atoms with E-state index in [4.69, 9.17) is 11.6 Å². The van der Waals surface area contributed by atoms with E-state index in [1.807, 2.05) is 16.8 Å². The van der Waals surface area contributed by atoms with Crippen LogP contribution < -0.4 is 5.32 Å². The molecule has 0 bridgehead atoms. The van der Waals surface area contributed by atoms with Gasteiger partial charge in [0.2, 0.25) is 5.91 Å². The highest BCUT2D eigenvalue weighted by atomic mass is 35.5. The molecule has 2 rings (SSSR count). The minimum Gasteiger partial charge on any atom is -0.307 e. The van der Waals surface area contributed by atoms with E-state index in [2.05, 4.69) is 24.3 Å². The van der Waals surface area contributed by atoms with Crippen LogP contribution in [-0.4, -0.2) is 15.7 Å². The number of nitrogens with one attached hydrogen (secondary N) is 1. The van der Waals surface area contributed by atoms with Crippen LogP contribution in [0.5, 0.6) is 0 Å². The van der Waals surface area contributed by atoms with Gasteiger partial charge in [-0.2, -0.15) is 5.10 Å². The molecule has 0 saturated carbocycles. The lowest BCUT2D eigenvalue weighted by Gasteiger charge is -2.13. The molecule has 5 heteroatoms. The van der Waals surface area contributed by atoms with Gasteiger partial charge in [-0.05, 0) is 37.1 Å². The number of aromatic nitrogens is 2. The number of anilines is 1. The van der Waals surface area contributed by atoms with E-state index < -0.39 is 0 Å². The summed E-state index contributed by atoms with van der Waals surface area (Å²) in [4.78, 5) is 11.9. The number of hydrogen-bond acceptors (Lipinski definition) is 2. The lowest BCUT2D eigenvalue weighted by molar-refractivity contribution is -0.111. The maximum Gasteiger partial charge on any atom is 0.249 e. The Labute approximate surface area is 129 Å². The van der Waals surface area contributed by atoms with Crippen LogP contribution >= 0.6 is 11.6 Å². The standard InChI is InChI=1S/C16H18ClN3O/c1-3-12(2)20-15(10-11-18-20)19-16(21)9-6-13-4-7-14(17)8-5-13/h4-12H,3H2,1-2H3,(H,19,21)/b9-6+. The fourth-order valence-corrected chi connectivity index (χ4v) is 1.98. The van der Waals surface area contributed by atoms with Gasteiger partial charge in [0.05, 0.1) is 12.2 Å². The van der Waals surface area contributed by atoms with Crippen molar-refractivity contribution < 1.29 is 4.79 Å². The first-order chi connectivity index (χ1) is 10.1. The average Bonchev–Trinajstić information content (AvgIpc) is 2.94. The second kappa shape index (κ2) is 7.09. The molecule has 0 spiro atoms. The van der Waals surface area contributed by atoms with Crippen molar-refractivity contribution in [2.24, 2.45) is 0 Å². The van der Waals surface area contributed by atoms with Crippen molar-refractivity contribution in [1.29, 1.82) is 0 Å². The Morgan fingerprint density at radius 1 is 1.38 bits per heavy atom. The Morgan fingerprint density at radius 2 is 2.10 bits per heavy atom. The zero-order valence-electron chi connectivity index (χ0n) is 12.1. The highest BCUT2D eigenvalue weighted by molar-refractivity contribution is 6.30. The van der Waals surface area contributed by atoms with Crippen molar-refractivity contribution in [2.75, 3.05) is 5.32 Å². The summed E-state index contributed by atoms with van der Waals surface area (Å²) < 4.78 is 1.81. The van der Waals surface area contributed by atoms with Crippen LogP contribution in [0.15, 0.2) is 42.6 Å². The molecule has 0 aliphatic rings. The number of halogens is 1. The first kappa shape index (κ1) is 15.3. The minimum absolute atomic E-state index is 0.185. The largest absolute Gasteiger partial charge is 0.307 e. The second-order valence-electron chi connectivity index (χ2n) is 4.79. The molecule has 0 radical (unpaired) electrons. The first-order valence-corrected chi connectivity index (χ1v) is 7.26. The summed E-state index contributed by atoms with van der Waals surface area (Å²) in [5.41, 5.74) is 0.921. The number of rotatable bonds is 5. The minimum atomic E-state index is -0.185. The number of amides is 1. The molecule has 1 amide bonds. The lowest BCUT2D eigenvalue weighted by Crippen LogP contribution is -2.15. The van der Waals surface area contributed by atoms with E-state index in [0.717, 1.165) is 12.0 Å².